The van der Waals surface area contributed by atoms with Crippen LogP contribution in [0.4, 0.5) is 0 Å². The van der Waals surface area contributed by atoms with E-state index in [1.165, 1.54) is 12.8 Å². The molecule has 1 aromatic rings. The van der Waals surface area contributed by atoms with Crippen LogP contribution in [0.1, 0.15) is 30.0 Å². The highest BCUT2D eigenvalue weighted by Gasteiger charge is 2.26. The molecule has 0 bridgehead atoms. The van der Waals surface area contributed by atoms with E-state index in [4.69, 9.17) is 0 Å². The summed E-state index contributed by atoms with van der Waals surface area (Å²) in [4.78, 5) is 14.5. The molecule has 0 aliphatic heterocycles. The van der Waals surface area contributed by atoms with E-state index in [9.17, 15) is 4.79 Å². The lowest BCUT2D eigenvalue weighted by Gasteiger charge is -2.05. The first-order chi connectivity index (χ1) is 6.42. The third kappa shape index (κ3) is 1.86. The molecule has 2 rings (SSSR count). The number of carbonyl (C=O) groups excluding carboxylic acids is 1. The second kappa shape index (κ2) is 3.56. The fourth-order valence-electron chi connectivity index (χ4n) is 1.48. The highest BCUT2D eigenvalue weighted by molar-refractivity contribution is 5.46. The van der Waals surface area contributed by atoms with Crippen LogP contribution in [0.15, 0.2) is 18.3 Å². The third-order valence-corrected chi connectivity index (χ3v) is 2.27. The van der Waals surface area contributed by atoms with E-state index >= 15 is 0 Å². The van der Waals surface area contributed by atoms with Gasteiger partial charge < -0.3 is 5.32 Å². The van der Waals surface area contributed by atoms with Crippen molar-refractivity contribution in [3.8, 4) is 0 Å². The van der Waals surface area contributed by atoms with E-state index in [2.05, 4.69) is 10.3 Å². The zero-order valence-electron chi connectivity index (χ0n) is 7.36. The lowest BCUT2D eigenvalue weighted by atomic mass is 10.1. The fourth-order valence-corrected chi connectivity index (χ4v) is 1.48. The standard InChI is InChI=1S/C10H12N2O/c13-7-11-6-9-2-1-5-12-10(9)8-3-4-8/h1-2,5,7-8H,3-4,6H2,(H,11,13). The number of amides is 1. The maximum absolute atomic E-state index is 10.1. The molecule has 0 saturated heterocycles. The molecular formula is C10H12N2O. The van der Waals surface area contributed by atoms with Crippen molar-refractivity contribution >= 4 is 6.41 Å². The van der Waals surface area contributed by atoms with E-state index in [-0.39, 0.29) is 0 Å². The molecule has 0 radical (unpaired) electrons. The highest BCUT2D eigenvalue weighted by atomic mass is 16.1. The predicted molar refractivity (Wildman–Crippen MR) is 49.1 cm³/mol. The summed E-state index contributed by atoms with van der Waals surface area (Å²) in [7, 11) is 0. The van der Waals surface area contributed by atoms with E-state index in [1.807, 2.05) is 18.3 Å². The normalized spacial score (nSPS) is 15.4. The van der Waals surface area contributed by atoms with Crippen LogP contribution < -0.4 is 5.32 Å². The lowest BCUT2D eigenvalue weighted by Crippen LogP contribution is -2.11. The minimum atomic E-state index is 0.600. The molecule has 1 N–H and O–H groups in total. The second-order valence-electron chi connectivity index (χ2n) is 3.32. The molecule has 68 valence electrons. The van der Waals surface area contributed by atoms with Crippen molar-refractivity contribution < 1.29 is 4.79 Å². The number of nitrogens with one attached hydrogen (secondary N) is 1. The van der Waals surface area contributed by atoms with Crippen LogP contribution in [0.2, 0.25) is 0 Å². The molecule has 3 heteroatoms. The first-order valence-electron chi connectivity index (χ1n) is 4.52. The Morgan fingerprint density at radius 3 is 3.15 bits per heavy atom. The highest BCUT2D eigenvalue weighted by Crippen LogP contribution is 2.40. The van der Waals surface area contributed by atoms with Crippen molar-refractivity contribution in [1.82, 2.24) is 10.3 Å². The lowest BCUT2D eigenvalue weighted by molar-refractivity contribution is -0.109. The van der Waals surface area contributed by atoms with Gasteiger partial charge in [-0.2, -0.15) is 0 Å². The minimum absolute atomic E-state index is 0.600. The number of hydrogen-bond donors (Lipinski definition) is 1. The van der Waals surface area contributed by atoms with Gasteiger partial charge in [-0.25, -0.2) is 0 Å². The van der Waals surface area contributed by atoms with Crippen molar-refractivity contribution in [2.75, 3.05) is 0 Å². The molecule has 1 amide bonds. The Morgan fingerprint density at radius 1 is 1.62 bits per heavy atom. The van der Waals surface area contributed by atoms with Crippen molar-refractivity contribution in [2.24, 2.45) is 0 Å². The Balaban J connectivity index is 2.16. The molecule has 1 saturated carbocycles. The van der Waals surface area contributed by atoms with Gasteiger partial charge in [0.25, 0.3) is 0 Å². The number of rotatable bonds is 4. The SMILES string of the molecule is O=CNCc1cccnc1C1CC1. The van der Waals surface area contributed by atoms with Crippen LogP contribution in [-0.4, -0.2) is 11.4 Å². The van der Waals surface area contributed by atoms with E-state index in [0.717, 1.165) is 17.7 Å². The van der Waals surface area contributed by atoms with Crippen LogP contribution in [0, 0.1) is 0 Å². The Hall–Kier alpha value is -1.38. The zero-order chi connectivity index (χ0) is 9.10. The average molecular weight is 176 g/mol. The molecule has 3 nitrogen and oxygen atoms in total. The zero-order valence-corrected chi connectivity index (χ0v) is 7.36. The predicted octanol–water partition coefficient (Wildman–Crippen LogP) is 1.20. The summed E-state index contributed by atoms with van der Waals surface area (Å²) in [5, 5.41) is 2.67. The minimum Gasteiger partial charge on any atom is -0.355 e. The molecular weight excluding hydrogens is 164 g/mol. The summed E-state index contributed by atoms with van der Waals surface area (Å²) in [6, 6.07) is 3.94. The van der Waals surface area contributed by atoms with Crippen LogP contribution >= 0.6 is 0 Å². The van der Waals surface area contributed by atoms with Gasteiger partial charge >= 0.3 is 0 Å². The van der Waals surface area contributed by atoms with Crippen molar-refractivity contribution in [2.45, 2.75) is 25.3 Å². The molecule has 1 heterocycles. The monoisotopic (exact) mass is 176 g/mol. The van der Waals surface area contributed by atoms with Gasteiger partial charge in [-0.3, -0.25) is 9.78 Å². The van der Waals surface area contributed by atoms with Gasteiger partial charge in [-0.05, 0) is 24.5 Å². The summed E-state index contributed by atoms with van der Waals surface area (Å²) in [6.07, 6.45) is 5.03. The van der Waals surface area contributed by atoms with Crippen molar-refractivity contribution in [3.05, 3.63) is 29.6 Å². The molecule has 1 fully saturated rings. The number of hydrogen-bond acceptors (Lipinski definition) is 2. The van der Waals surface area contributed by atoms with Gasteiger partial charge in [0, 0.05) is 24.4 Å². The van der Waals surface area contributed by atoms with E-state index < -0.39 is 0 Å². The number of nitrogens with zero attached hydrogens (tertiary/aromatic N) is 1. The first-order valence-corrected chi connectivity index (χ1v) is 4.52. The Morgan fingerprint density at radius 2 is 2.46 bits per heavy atom. The topological polar surface area (TPSA) is 42.0 Å². The van der Waals surface area contributed by atoms with E-state index in [0.29, 0.717) is 12.5 Å². The quantitative estimate of drug-likeness (QED) is 0.700. The van der Waals surface area contributed by atoms with Gasteiger partial charge in [0.15, 0.2) is 0 Å². The van der Waals surface area contributed by atoms with Gasteiger partial charge in [-0.15, -0.1) is 0 Å². The molecule has 0 aromatic carbocycles. The summed E-state index contributed by atoms with van der Waals surface area (Å²) >= 11 is 0. The van der Waals surface area contributed by atoms with E-state index in [1.54, 1.807) is 0 Å². The van der Waals surface area contributed by atoms with Crippen LogP contribution in [0.3, 0.4) is 0 Å². The Labute approximate surface area is 77.2 Å². The van der Waals surface area contributed by atoms with Crippen LogP contribution in [0.25, 0.3) is 0 Å². The summed E-state index contributed by atoms with van der Waals surface area (Å²) in [5.74, 6) is 0.643. The smallest absolute Gasteiger partial charge is 0.207 e. The third-order valence-electron chi connectivity index (χ3n) is 2.27. The number of pyridine rings is 1. The Bertz CT molecular complexity index is 308. The average Bonchev–Trinajstić information content (AvgIpc) is 2.98. The summed E-state index contributed by atoms with van der Waals surface area (Å²) < 4.78 is 0. The molecule has 13 heavy (non-hydrogen) atoms. The maximum atomic E-state index is 10.1. The molecule has 0 atom stereocenters. The summed E-state index contributed by atoms with van der Waals surface area (Å²) in [5.41, 5.74) is 2.31. The largest absolute Gasteiger partial charge is 0.355 e. The maximum Gasteiger partial charge on any atom is 0.207 e. The van der Waals surface area contributed by atoms with Gasteiger partial charge in [0.1, 0.15) is 0 Å². The van der Waals surface area contributed by atoms with Crippen molar-refractivity contribution in [3.63, 3.8) is 0 Å². The first kappa shape index (κ1) is 8.23. The number of carbonyl (C=O) groups is 1. The molecule has 1 aromatic heterocycles. The molecule has 1 aliphatic rings. The van der Waals surface area contributed by atoms with Gasteiger partial charge in [0.05, 0.1) is 0 Å². The molecule has 1 aliphatic carbocycles. The number of aromatic nitrogens is 1. The van der Waals surface area contributed by atoms with Gasteiger partial charge in [-0.1, -0.05) is 6.07 Å². The second-order valence-corrected chi connectivity index (χ2v) is 3.32. The van der Waals surface area contributed by atoms with Crippen LogP contribution in [0.5, 0.6) is 0 Å². The fraction of sp³-hybridized carbons (Fsp3) is 0.400. The molecule has 0 unspecified atom stereocenters. The van der Waals surface area contributed by atoms with Crippen LogP contribution in [-0.2, 0) is 11.3 Å². The summed E-state index contributed by atoms with van der Waals surface area (Å²) in [6.45, 7) is 0.600. The molecule has 0 spiro atoms. The Kier molecular flexibility index (Phi) is 2.25. The van der Waals surface area contributed by atoms with Gasteiger partial charge in [0.2, 0.25) is 6.41 Å². The van der Waals surface area contributed by atoms with Crippen molar-refractivity contribution in [1.29, 1.82) is 0 Å².